The fourth-order valence-corrected chi connectivity index (χ4v) is 2.87. The van der Waals surface area contributed by atoms with Crippen molar-refractivity contribution in [3.05, 3.63) is 48.0 Å². The maximum absolute atomic E-state index is 8.93. The van der Waals surface area contributed by atoms with Crippen LogP contribution in [-0.2, 0) is 0 Å². The molecule has 0 atom stereocenters. The minimum Gasteiger partial charge on any atom is -0.494 e. The third-order valence-corrected chi connectivity index (χ3v) is 3.80. The van der Waals surface area contributed by atoms with E-state index in [4.69, 9.17) is 10.00 Å². The van der Waals surface area contributed by atoms with Crippen molar-refractivity contribution in [1.82, 2.24) is 9.97 Å². The van der Waals surface area contributed by atoms with Crippen molar-refractivity contribution >= 4 is 22.8 Å². The molecule has 0 aliphatic carbocycles. The molecule has 0 amide bonds. The van der Waals surface area contributed by atoms with Gasteiger partial charge in [-0.3, -0.25) is 0 Å². The number of nitrogens with zero attached hydrogens (tertiary/aromatic N) is 2. The minimum absolute atomic E-state index is 0.641. The van der Waals surface area contributed by atoms with Gasteiger partial charge in [-0.15, -0.1) is 0 Å². The summed E-state index contributed by atoms with van der Waals surface area (Å²) in [6.45, 7) is 2.60. The van der Waals surface area contributed by atoms with Gasteiger partial charge in [-0.2, -0.15) is 5.26 Å². The molecule has 0 radical (unpaired) electrons. The van der Waals surface area contributed by atoms with Gasteiger partial charge >= 0.3 is 0 Å². The van der Waals surface area contributed by atoms with Gasteiger partial charge in [0.15, 0.2) is 5.16 Å². The maximum atomic E-state index is 8.93. The van der Waals surface area contributed by atoms with Gasteiger partial charge in [-0.05, 0) is 37.3 Å². The summed E-state index contributed by atoms with van der Waals surface area (Å²) >= 11 is 1.50. The summed E-state index contributed by atoms with van der Waals surface area (Å²) in [4.78, 5) is 8.79. The zero-order chi connectivity index (χ0) is 14.7. The van der Waals surface area contributed by atoms with Crippen molar-refractivity contribution in [2.45, 2.75) is 17.0 Å². The first-order chi connectivity index (χ1) is 10.3. The van der Waals surface area contributed by atoms with Crippen LogP contribution in [0.5, 0.6) is 5.75 Å². The minimum atomic E-state index is 0.641. The predicted octanol–water partition coefficient (Wildman–Crippen LogP) is 3.98. The average molecular weight is 295 g/mol. The number of fused-ring (bicyclic) bond motifs is 1. The molecule has 0 saturated heterocycles. The van der Waals surface area contributed by atoms with Gasteiger partial charge in [-0.25, -0.2) is 4.98 Å². The fraction of sp³-hybridized carbons (Fsp3) is 0.125. The molecule has 2 aromatic carbocycles. The predicted molar refractivity (Wildman–Crippen MR) is 82.5 cm³/mol. The van der Waals surface area contributed by atoms with Crippen LogP contribution >= 0.6 is 11.8 Å². The smallest absolute Gasteiger partial charge is 0.171 e. The molecule has 1 aromatic heterocycles. The number of nitrogens with one attached hydrogen (secondary N) is 1. The lowest BCUT2D eigenvalue weighted by molar-refractivity contribution is 0.340. The Bertz CT molecular complexity index is 820. The van der Waals surface area contributed by atoms with E-state index in [1.807, 2.05) is 43.3 Å². The largest absolute Gasteiger partial charge is 0.494 e. The van der Waals surface area contributed by atoms with Gasteiger partial charge < -0.3 is 9.72 Å². The normalized spacial score (nSPS) is 10.5. The van der Waals surface area contributed by atoms with Crippen molar-refractivity contribution in [2.24, 2.45) is 0 Å². The third-order valence-electron chi connectivity index (χ3n) is 2.92. The number of benzene rings is 2. The second-order valence-electron chi connectivity index (χ2n) is 4.40. The summed E-state index contributed by atoms with van der Waals surface area (Å²) in [5.41, 5.74) is 2.49. The molecule has 21 heavy (non-hydrogen) atoms. The first kappa shape index (κ1) is 13.5. The van der Waals surface area contributed by atoms with Crippen LogP contribution in [0.15, 0.2) is 52.5 Å². The molecule has 3 aromatic rings. The monoisotopic (exact) mass is 295 g/mol. The number of ether oxygens (including phenoxy) is 1. The van der Waals surface area contributed by atoms with Crippen LogP contribution in [-0.4, -0.2) is 16.6 Å². The van der Waals surface area contributed by atoms with Crippen LogP contribution in [0.3, 0.4) is 0 Å². The van der Waals surface area contributed by atoms with Crippen LogP contribution in [0.2, 0.25) is 0 Å². The zero-order valence-corrected chi connectivity index (χ0v) is 12.3. The van der Waals surface area contributed by atoms with E-state index < -0.39 is 0 Å². The summed E-state index contributed by atoms with van der Waals surface area (Å²) in [6.07, 6.45) is 0. The Hall–Kier alpha value is -2.45. The van der Waals surface area contributed by atoms with Gasteiger partial charge in [0, 0.05) is 11.0 Å². The van der Waals surface area contributed by atoms with E-state index in [0.717, 1.165) is 26.8 Å². The number of nitriles is 1. The third kappa shape index (κ3) is 3.01. The Balaban J connectivity index is 1.88. The van der Waals surface area contributed by atoms with Crippen molar-refractivity contribution in [2.75, 3.05) is 6.61 Å². The van der Waals surface area contributed by atoms with E-state index in [1.54, 1.807) is 6.07 Å². The first-order valence-corrected chi connectivity index (χ1v) is 7.40. The Morgan fingerprint density at radius 1 is 1.29 bits per heavy atom. The molecule has 1 heterocycles. The van der Waals surface area contributed by atoms with E-state index in [-0.39, 0.29) is 0 Å². The highest BCUT2D eigenvalue weighted by Crippen LogP contribution is 2.28. The van der Waals surface area contributed by atoms with Crippen molar-refractivity contribution < 1.29 is 4.74 Å². The first-order valence-electron chi connectivity index (χ1n) is 6.59. The van der Waals surface area contributed by atoms with Gasteiger partial charge in [0.1, 0.15) is 5.75 Å². The molecule has 0 fully saturated rings. The Labute approximate surface area is 126 Å². The molecule has 1 N–H and O–H groups in total. The Morgan fingerprint density at radius 2 is 2.19 bits per heavy atom. The van der Waals surface area contributed by atoms with E-state index in [0.29, 0.717) is 12.2 Å². The van der Waals surface area contributed by atoms with E-state index >= 15 is 0 Å². The number of aromatic nitrogens is 2. The molecular formula is C16H13N3OS. The van der Waals surface area contributed by atoms with Crippen LogP contribution in [0.1, 0.15) is 12.5 Å². The van der Waals surface area contributed by atoms with Crippen molar-refractivity contribution in [1.29, 1.82) is 5.26 Å². The second kappa shape index (κ2) is 5.90. The van der Waals surface area contributed by atoms with Crippen LogP contribution in [0, 0.1) is 11.3 Å². The highest BCUT2D eigenvalue weighted by atomic mass is 32.2. The van der Waals surface area contributed by atoms with Crippen molar-refractivity contribution in [3.63, 3.8) is 0 Å². The van der Waals surface area contributed by atoms with E-state index in [1.165, 1.54) is 11.8 Å². The van der Waals surface area contributed by atoms with Crippen LogP contribution < -0.4 is 4.74 Å². The number of hydrogen-bond acceptors (Lipinski definition) is 4. The molecule has 0 aliphatic heterocycles. The summed E-state index contributed by atoms with van der Waals surface area (Å²) in [6, 6.07) is 15.4. The van der Waals surface area contributed by atoms with Gasteiger partial charge in [0.2, 0.25) is 0 Å². The number of imidazole rings is 1. The van der Waals surface area contributed by atoms with Crippen LogP contribution in [0.4, 0.5) is 0 Å². The molecule has 104 valence electrons. The molecule has 0 saturated carbocycles. The Kier molecular flexibility index (Phi) is 3.80. The van der Waals surface area contributed by atoms with E-state index in [9.17, 15) is 0 Å². The van der Waals surface area contributed by atoms with Gasteiger partial charge in [0.05, 0.1) is 29.3 Å². The maximum Gasteiger partial charge on any atom is 0.171 e. The summed E-state index contributed by atoms with van der Waals surface area (Å²) < 4.78 is 5.48. The van der Waals surface area contributed by atoms with Gasteiger partial charge in [0.25, 0.3) is 0 Å². The second-order valence-corrected chi connectivity index (χ2v) is 5.46. The zero-order valence-electron chi connectivity index (χ0n) is 11.5. The summed E-state index contributed by atoms with van der Waals surface area (Å²) in [7, 11) is 0. The molecular weight excluding hydrogens is 282 g/mol. The number of rotatable bonds is 4. The van der Waals surface area contributed by atoms with E-state index in [2.05, 4.69) is 16.0 Å². The highest BCUT2D eigenvalue weighted by molar-refractivity contribution is 7.99. The number of H-pyrrole nitrogens is 1. The summed E-state index contributed by atoms with van der Waals surface area (Å²) in [5, 5.41) is 9.73. The molecule has 0 aliphatic rings. The average Bonchev–Trinajstić information content (AvgIpc) is 2.89. The van der Waals surface area contributed by atoms with Crippen LogP contribution in [0.25, 0.3) is 11.0 Å². The fourth-order valence-electron chi connectivity index (χ4n) is 2.01. The molecule has 4 nitrogen and oxygen atoms in total. The topological polar surface area (TPSA) is 61.7 Å². The molecule has 0 unspecified atom stereocenters. The Morgan fingerprint density at radius 3 is 3.00 bits per heavy atom. The number of hydrogen-bond donors (Lipinski definition) is 1. The lowest BCUT2D eigenvalue weighted by atomic mass is 10.2. The molecule has 3 rings (SSSR count). The SMILES string of the molecule is CCOc1ccc2nc(Sc3cccc(C#N)c3)[nH]c2c1. The molecule has 5 heteroatoms. The lowest BCUT2D eigenvalue weighted by Gasteiger charge is -2.00. The lowest BCUT2D eigenvalue weighted by Crippen LogP contribution is -1.90. The summed E-state index contributed by atoms with van der Waals surface area (Å²) in [5.74, 6) is 0.830. The highest BCUT2D eigenvalue weighted by Gasteiger charge is 2.06. The quantitative estimate of drug-likeness (QED) is 0.790. The van der Waals surface area contributed by atoms with Gasteiger partial charge in [-0.1, -0.05) is 17.8 Å². The van der Waals surface area contributed by atoms with Crippen molar-refractivity contribution in [3.8, 4) is 11.8 Å². The standard InChI is InChI=1S/C16H13N3OS/c1-2-20-12-6-7-14-15(9-12)19-16(18-14)21-13-5-3-4-11(8-13)10-17/h3-9H,2H2,1H3,(H,18,19). The molecule has 0 bridgehead atoms. The number of aromatic amines is 1. The molecule has 0 spiro atoms.